The van der Waals surface area contributed by atoms with Gasteiger partial charge >= 0.3 is 0 Å². The molecule has 1 atom stereocenters. The van der Waals surface area contributed by atoms with Crippen LogP contribution in [0.4, 0.5) is 0 Å². The molecule has 18 heavy (non-hydrogen) atoms. The first kappa shape index (κ1) is 13.9. The van der Waals surface area contributed by atoms with Crippen LogP contribution in [0.5, 0.6) is 0 Å². The second-order valence-corrected chi connectivity index (χ2v) is 6.40. The predicted octanol–water partition coefficient (Wildman–Crippen LogP) is 2.27. The van der Waals surface area contributed by atoms with Crippen LogP contribution in [0, 0.1) is 17.8 Å². The standard InChI is InChI=1S/C15H28N2O/c1-11(2)17(10-13-6-8-16-9-7-13)15(18)12(3)14-4-5-14/h11-14,16H,4-10H2,1-3H3. The van der Waals surface area contributed by atoms with Gasteiger partial charge in [-0.1, -0.05) is 6.92 Å². The van der Waals surface area contributed by atoms with Gasteiger partial charge in [0.1, 0.15) is 0 Å². The van der Waals surface area contributed by atoms with Crippen molar-refractivity contribution in [2.24, 2.45) is 17.8 Å². The lowest BCUT2D eigenvalue weighted by Gasteiger charge is -2.34. The fourth-order valence-corrected chi connectivity index (χ4v) is 2.96. The minimum absolute atomic E-state index is 0.245. The van der Waals surface area contributed by atoms with Gasteiger partial charge < -0.3 is 10.2 Å². The van der Waals surface area contributed by atoms with E-state index >= 15 is 0 Å². The number of nitrogens with zero attached hydrogens (tertiary/aromatic N) is 1. The van der Waals surface area contributed by atoms with E-state index in [1.807, 2.05) is 0 Å². The monoisotopic (exact) mass is 252 g/mol. The summed E-state index contributed by atoms with van der Waals surface area (Å²) in [6.45, 7) is 9.62. The van der Waals surface area contributed by atoms with Gasteiger partial charge in [0.2, 0.25) is 5.91 Å². The number of hydrogen-bond donors (Lipinski definition) is 1. The zero-order valence-corrected chi connectivity index (χ0v) is 12.1. The van der Waals surface area contributed by atoms with Crippen molar-refractivity contribution in [2.45, 2.75) is 52.5 Å². The lowest BCUT2D eigenvalue weighted by atomic mass is 9.95. The maximum absolute atomic E-state index is 12.6. The topological polar surface area (TPSA) is 32.3 Å². The van der Waals surface area contributed by atoms with Gasteiger partial charge in [0.05, 0.1) is 0 Å². The Morgan fingerprint density at radius 2 is 1.78 bits per heavy atom. The zero-order chi connectivity index (χ0) is 13.1. The van der Waals surface area contributed by atoms with Crippen LogP contribution in [0.3, 0.4) is 0 Å². The smallest absolute Gasteiger partial charge is 0.225 e. The number of hydrogen-bond acceptors (Lipinski definition) is 2. The molecule has 0 aromatic rings. The van der Waals surface area contributed by atoms with Gasteiger partial charge in [0, 0.05) is 18.5 Å². The first-order chi connectivity index (χ1) is 8.59. The largest absolute Gasteiger partial charge is 0.340 e. The Balaban J connectivity index is 1.91. The molecule has 2 rings (SSSR count). The van der Waals surface area contributed by atoms with Gasteiger partial charge in [-0.05, 0) is 64.5 Å². The molecule has 1 aliphatic heterocycles. The Kier molecular flexibility index (Phi) is 4.66. The number of carbonyl (C=O) groups excluding carboxylic acids is 1. The normalized spacial score (nSPS) is 23.1. The molecule has 104 valence electrons. The Bertz CT molecular complexity index is 280. The van der Waals surface area contributed by atoms with E-state index in [-0.39, 0.29) is 5.92 Å². The molecule has 1 amide bonds. The minimum atomic E-state index is 0.245. The molecular formula is C15H28N2O. The lowest BCUT2D eigenvalue weighted by molar-refractivity contribution is -0.138. The van der Waals surface area contributed by atoms with E-state index in [4.69, 9.17) is 0 Å². The molecule has 3 heteroatoms. The summed E-state index contributed by atoms with van der Waals surface area (Å²) in [5.41, 5.74) is 0. The highest BCUT2D eigenvalue weighted by Crippen LogP contribution is 2.37. The Hall–Kier alpha value is -0.570. The first-order valence-corrected chi connectivity index (χ1v) is 7.60. The van der Waals surface area contributed by atoms with E-state index in [0.29, 0.717) is 23.8 Å². The highest BCUT2D eigenvalue weighted by molar-refractivity contribution is 5.79. The molecule has 1 heterocycles. The molecule has 2 fully saturated rings. The molecule has 0 radical (unpaired) electrons. The molecule has 0 spiro atoms. The molecule has 1 saturated heterocycles. The van der Waals surface area contributed by atoms with Gasteiger partial charge in [0.25, 0.3) is 0 Å². The van der Waals surface area contributed by atoms with Crippen LogP contribution in [-0.4, -0.2) is 36.5 Å². The highest BCUT2D eigenvalue weighted by atomic mass is 16.2. The number of amides is 1. The number of piperidine rings is 1. The van der Waals surface area contributed by atoms with Crippen LogP contribution < -0.4 is 5.32 Å². The van der Waals surface area contributed by atoms with Gasteiger partial charge in [-0.15, -0.1) is 0 Å². The van der Waals surface area contributed by atoms with Crippen molar-refractivity contribution < 1.29 is 4.79 Å². The molecule has 1 aliphatic carbocycles. The average molecular weight is 252 g/mol. The van der Waals surface area contributed by atoms with E-state index in [2.05, 4.69) is 31.0 Å². The van der Waals surface area contributed by atoms with E-state index in [1.165, 1.54) is 25.7 Å². The van der Waals surface area contributed by atoms with Gasteiger partial charge in [-0.2, -0.15) is 0 Å². The molecule has 3 nitrogen and oxygen atoms in total. The van der Waals surface area contributed by atoms with Crippen molar-refractivity contribution >= 4 is 5.91 Å². The summed E-state index contributed by atoms with van der Waals surface area (Å²) in [4.78, 5) is 14.7. The fraction of sp³-hybridized carbons (Fsp3) is 0.933. The minimum Gasteiger partial charge on any atom is -0.340 e. The third-order valence-electron chi connectivity index (χ3n) is 4.54. The second-order valence-electron chi connectivity index (χ2n) is 6.40. The Morgan fingerprint density at radius 1 is 1.17 bits per heavy atom. The Morgan fingerprint density at radius 3 is 2.28 bits per heavy atom. The van der Waals surface area contributed by atoms with Gasteiger partial charge in [-0.3, -0.25) is 4.79 Å². The fourth-order valence-electron chi connectivity index (χ4n) is 2.96. The highest BCUT2D eigenvalue weighted by Gasteiger charge is 2.36. The summed E-state index contributed by atoms with van der Waals surface area (Å²) in [7, 11) is 0. The van der Waals surface area contributed by atoms with Crippen molar-refractivity contribution in [3.8, 4) is 0 Å². The number of carbonyl (C=O) groups is 1. The van der Waals surface area contributed by atoms with E-state index in [1.54, 1.807) is 0 Å². The van der Waals surface area contributed by atoms with E-state index < -0.39 is 0 Å². The third-order valence-corrected chi connectivity index (χ3v) is 4.54. The number of nitrogens with one attached hydrogen (secondary N) is 1. The van der Waals surface area contributed by atoms with Crippen LogP contribution in [-0.2, 0) is 4.79 Å². The van der Waals surface area contributed by atoms with E-state index in [0.717, 1.165) is 19.6 Å². The molecular weight excluding hydrogens is 224 g/mol. The van der Waals surface area contributed by atoms with Crippen molar-refractivity contribution in [3.05, 3.63) is 0 Å². The van der Waals surface area contributed by atoms with Crippen LogP contribution in [0.2, 0.25) is 0 Å². The summed E-state index contributed by atoms with van der Waals surface area (Å²) < 4.78 is 0. The molecule has 2 aliphatic rings. The number of rotatable bonds is 5. The molecule has 0 bridgehead atoms. The average Bonchev–Trinajstić information content (AvgIpc) is 3.19. The Labute approximate surface area is 111 Å². The lowest BCUT2D eigenvalue weighted by Crippen LogP contribution is -2.45. The summed E-state index contributed by atoms with van der Waals surface area (Å²) in [5, 5.41) is 3.39. The van der Waals surface area contributed by atoms with E-state index in [9.17, 15) is 4.79 Å². The van der Waals surface area contributed by atoms with Crippen molar-refractivity contribution in [1.29, 1.82) is 0 Å². The first-order valence-electron chi connectivity index (χ1n) is 7.60. The molecule has 1 N–H and O–H groups in total. The van der Waals surface area contributed by atoms with Gasteiger partial charge in [0.15, 0.2) is 0 Å². The third kappa shape index (κ3) is 3.47. The second kappa shape index (κ2) is 6.05. The molecule has 0 aromatic heterocycles. The van der Waals surface area contributed by atoms with Crippen LogP contribution in [0.1, 0.15) is 46.5 Å². The quantitative estimate of drug-likeness (QED) is 0.814. The van der Waals surface area contributed by atoms with Gasteiger partial charge in [-0.25, -0.2) is 0 Å². The van der Waals surface area contributed by atoms with Crippen molar-refractivity contribution in [1.82, 2.24) is 10.2 Å². The SMILES string of the molecule is CC(C(=O)N(CC1CCNCC1)C(C)C)C1CC1. The van der Waals surface area contributed by atoms with Crippen molar-refractivity contribution in [2.75, 3.05) is 19.6 Å². The summed E-state index contributed by atoms with van der Waals surface area (Å²) in [6.07, 6.45) is 4.95. The van der Waals surface area contributed by atoms with Crippen molar-refractivity contribution in [3.63, 3.8) is 0 Å². The maximum Gasteiger partial charge on any atom is 0.225 e. The maximum atomic E-state index is 12.6. The van der Waals surface area contributed by atoms with Crippen LogP contribution in [0.15, 0.2) is 0 Å². The van der Waals surface area contributed by atoms with Crippen LogP contribution >= 0.6 is 0 Å². The summed E-state index contributed by atoms with van der Waals surface area (Å²) in [5.74, 6) is 2.01. The molecule has 0 aromatic carbocycles. The zero-order valence-electron chi connectivity index (χ0n) is 12.1. The predicted molar refractivity (Wildman–Crippen MR) is 74.3 cm³/mol. The summed E-state index contributed by atoms with van der Waals surface area (Å²) in [6, 6.07) is 0.341. The molecule has 1 saturated carbocycles. The summed E-state index contributed by atoms with van der Waals surface area (Å²) >= 11 is 0. The van der Waals surface area contributed by atoms with Crippen LogP contribution in [0.25, 0.3) is 0 Å². The molecule has 1 unspecified atom stereocenters.